The number of rotatable bonds is 3. The first-order valence-electron chi connectivity index (χ1n) is 7.15. The summed E-state index contributed by atoms with van der Waals surface area (Å²) >= 11 is 1.42. The standard InChI is InChI=1S/C16H18N4OS/c1-9(2)14-18-12-7-11(5-6-13(12)20(14)4)15(21)19-16-17-10(3)8-22-16/h5-9H,1-4H3,(H,17,19,21). The van der Waals surface area contributed by atoms with Crippen LogP contribution in [-0.4, -0.2) is 20.4 Å². The highest BCUT2D eigenvalue weighted by Gasteiger charge is 2.14. The summed E-state index contributed by atoms with van der Waals surface area (Å²) in [6.07, 6.45) is 0. The van der Waals surface area contributed by atoms with Gasteiger partial charge in [-0.3, -0.25) is 10.1 Å². The molecule has 2 heterocycles. The number of hydrogen-bond donors (Lipinski definition) is 1. The van der Waals surface area contributed by atoms with Crippen molar-refractivity contribution in [3.63, 3.8) is 0 Å². The second kappa shape index (κ2) is 5.53. The van der Waals surface area contributed by atoms with Crippen molar-refractivity contribution in [1.82, 2.24) is 14.5 Å². The van der Waals surface area contributed by atoms with Crippen LogP contribution in [0.1, 0.15) is 41.6 Å². The van der Waals surface area contributed by atoms with E-state index in [0.717, 1.165) is 22.6 Å². The van der Waals surface area contributed by atoms with Crippen LogP contribution < -0.4 is 5.32 Å². The zero-order valence-electron chi connectivity index (χ0n) is 13.0. The van der Waals surface area contributed by atoms with Gasteiger partial charge in [-0.25, -0.2) is 9.97 Å². The van der Waals surface area contributed by atoms with Gasteiger partial charge < -0.3 is 4.57 Å². The van der Waals surface area contributed by atoms with Crippen LogP contribution in [0.25, 0.3) is 11.0 Å². The Morgan fingerprint density at radius 2 is 2.09 bits per heavy atom. The predicted molar refractivity (Wildman–Crippen MR) is 89.6 cm³/mol. The maximum absolute atomic E-state index is 12.3. The fourth-order valence-electron chi connectivity index (χ4n) is 2.46. The van der Waals surface area contributed by atoms with Crippen LogP contribution in [-0.2, 0) is 7.05 Å². The number of benzene rings is 1. The average Bonchev–Trinajstić information content (AvgIpc) is 3.02. The molecule has 0 spiro atoms. The summed E-state index contributed by atoms with van der Waals surface area (Å²) in [6, 6.07) is 5.59. The minimum Gasteiger partial charge on any atom is -0.331 e. The molecule has 2 aromatic heterocycles. The van der Waals surface area contributed by atoms with E-state index < -0.39 is 0 Å². The van der Waals surface area contributed by atoms with E-state index in [1.807, 2.05) is 37.6 Å². The molecule has 1 aromatic carbocycles. The van der Waals surface area contributed by atoms with E-state index in [-0.39, 0.29) is 5.91 Å². The molecule has 0 fully saturated rings. The van der Waals surface area contributed by atoms with Crippen molar-refractivity contribution in [3.05, 3.63) is 40.7 Å². The van der Waals surface area contributed by atoms with Crippen LogP contribution in [0.5, 0.6) is 0 Å². The highest BCUT2D eigenvalue weighted by atomic mass is 32.1. The quantitative estimate of drug-likeness (QED) is 0.801. The summed E-state index contributed by atoms with van der Waals surface area (Å²) < 4.78 is 2.08. The Labute approximate surface area is 133 Å². The zero-order valence-corrected chi connectivity index (χ0v) is 13.9. The summed E-state index contributed by atoms with van der Waals surface area (Å²) in [7, 11) is 2.00. The lowest BCUT2D eigenvalue weighted by atomic mass is 10.2. The van der Waals surface area contributed by atoms with Gasteiger partial charge >= 0.3 is 0 Å². The van der Waals surface area contributed by atoms with Gasteiger partial charge in [0.15, 0.2) is 5.13 Å². The number of carbonyl (C=O) groups is 1. The number of nitrogens with one attached hydrogen (secondary N) is 1. The first-order valence-corrected chi connectivity index (χ1v) is 8.03. The van der Waals surface area contributed by atoms with E-state index in [1.54, 1.807) is 0 Å². The molecule has 0 atom stereocenters. The molecule has 5 nitrogen and oxygen atoms in total. The Morgan fingerprint density at radius 3 is 2.73 bits per heavy atom. The molecule has 0 saturated carbocycles. The third-order valence-corrected chi connectivity index (χ3v) is 4.41. The molecule has 22 heavy (non-hydrogen) atoms. The summed E-state index contributed by atoms with van der Waals surface area (Å²) in [5.74, 6) is 1.20. The minimum absolute atomic E-state index is 0.159. The first kappa shape index (κ1) is 14.7. The van der Waals surface area contributed by atoms with E-state index in [0.29, 0.717) is 16.6 Å². The number of aromatic nitrogens is 3. The summed E-state index contributed by atoms with van der Waals surface area (Å²) in [5, 5.41) is 5.35. The topological polar surface area (TPSA) is 59.8 Å². The van der Waals surface area contributed by atoms with Gasteiger partial charge in [-0.15, -0.1) is 11.3 Å². The lowest BCUT2D eigenvalue weighted by Crippen LogP contribution is -2.11. The second-order valence-corrected chi connectivity index (χ2v) is 6.49. The lowest BCUT2D eigenvalue weighted by molar-refractivity contribution is 0.102. The normalized spacial score (nSPS) is 11.3. The van der Waals surface area contributed by atoms with E-state index in [4.69, 9.17) is 0 Å². The van der Waals surface area contributed by atoms with Crippen molar-refractivity contribution in [3.8, 4) is 0 Å². The van der Waals surface area contributed by atoms with Gasteiger partial charge in [0, 0.05) is 23.9 Å². The summed E-state index contributed by atoms with van der Waals surface area (Å²) in [4.78, 5) is 21.2. The number of nitrogens with zero attached hydrogens (tertiary/aromatic N) is 3. The highest BCUT2D eigenvalue weighted by molar-refractivity contribution is 7.13. The van der Waals surface area contributed by atoms with Crippen LogP contribution in [0.4, 0.5) is 5.13 Å². The molecular weight excluding hydrogens is 296 g/mol. The van der Waals surface area contributed by atoms with Crippen LogP contribution in [0, 0.1) is 6.92 Å². The molecule has 0 aliphatic rings. The number of thiazole rings is 1. The molecule has 0 aliphatic carbocycles. The monoisotopic (exact) mass is 314 g/mol. The third-order valence-electron chi connectivity index (χ3n) is 3.53. The highest BCUT2D eigenvalue weighted by Crippen LogP contribution is 2.22. The van der Waals surface area contributed by atoms with Gasteiger partial charge in [-0.05, 0) is 25.1 Å². The zero-order chi connectivity index (χ0) is 15.9. The molecule has 0 unspecified atom stereocenters. The number of imidazole rings is 1. The van der Waals surface area contributed by atoms with E-state index in [1.165, 1.54) is 11.3 Å². The maximum Gasteiger partial charge on any atom is 0.257 e. The molecule has 1 amide bonds. The minimum atomic E-state index is -0.159. The Bertz CT molecular complexity index is 847. The van der Waals surface area contributed by atoms with Gasteiger partial charge in [0.05, 0.1) is 16.7 Å². The molecule has 1 N–H and O–H groups in total. The largest absolute Gasteiger partial charge is 0.331 e. The van der Waals surface area contributed by atoms with Crippen LogP contribution in [0.15, 0.2) is 23.6 Å². The van der Waals surface area contributed by atoms with Crippen molar-refractivity contribution in [2.24, 2.45) is 7.05 Å². The molecule has 114 valence electrons. The molecule has 3 aromatic rings. The number of aryl methyl sites for hydroxylation is 2. The number of carbonyl (C=O) groups excluding carboxylic acids is 1. The number of anilines is 1. The Balaban J connectivity index is 1.92. The number of fused-ring (bicyclic) bond motifs is 1. The van der Waals surface area contributed by atoms with Crippen molar-refractivity contribution < 1.29 is 4.79 Å². The molecule has 0 saturated heterocycles. The number of amides is 1. The fourth-order valence-corrected chi connectivity index (χ4v) is 3.14. The van der Waals surface area contributed by atoms with Gasteiger partial charge in [0.25, 0.3) is 5.91 Å². The van der Waals surface area contributed by atoms with Gasteiger partial charge in [0.2, 0.25) is 0 Å². The summed E-state index contributed by atoms with van der Waals surface area (Å²) in [5.41, 5.74) is 3.37. The van der Waals surface area contributed by atoms with E-state index in [2.05, 4.69) is 33.7 Å². The lowest BCUT2D eigenvalue weighted by Gasteiger charge is -2.04. The Morgan fingerprint density at radius 1 is 1.32 bits per heavy atom. The Hall–Kier alpha value is -2.21. The van der Waals surface area contributed by atoms with Crippen LogP contribution in [0.3, 0.4) is 0 Å². The molecule has 3 rings (SSSR count). The average molecular weight is 314 g/mol. The van der Waals surface area contributed by atoms with Crippen LogP contribution in [0.2, 0.25) is 0 Å². The van der Waals surface area contributed by atoms with Gasteiger partial charge in [0.1, 0.15) is 5.82 Å². The number of hydrogen-bond acceptors (Lipinski definition) is 4. The first-order chi connectivity index (χ1) is 10.5. The third kappa shape index (κ3) is 2.62. The molecule has 6 heteroatoms. The molecule has 0 radical (unpaired) electrons. The van der Waals surface area contributed by atoms with Gasteiger partial charge in [-0.2, -0.15) is 0 Å². The van der Waals surface area contributed by atoms with Crippen LogP contribution >= 0.6 is 11.3 Å². The SMILES string of the molecule is Cc1csc(NC(=O)c2ccc3c(c2)nc(C(C)C)n3C)n1. The summed E-state index contributed by atoms with van der Waals surface area (Å²) in [6.45, 7) is 6.12. The maximum atomic E-state index is 12.3. The van der Waals surface area contributed by atoms with Crippen molar-refractivity contribution >= 4 is 33.4 Å². The van der Waals surface area contributed by atoms with Crippen molar-refractivity contribution in [1.29, 1.82) is 0 Å². The predicted octanol–water partition coefficient (Wildman–Crippen LogP) is 3.71. The van der Waals surface area contributed by atoms with E-state index >= 15 is 0 Å². The molecular formula is C16H18N4OS. The second-order valence-electron chi connectivity index (χ2n) is 5.64. The fraction of sp³-hybridized carbons (Fsp3) is 0.312. The molecule has 0 bridgehead atoms. The Kier molecular flexibility index (Phi) is 3.70. The van der Waals surface area contributed by atoms with Crippen molar-refractivity contribution in [2.75, 3.05) is 5.32 Å². The van der Waals surface area contributed by atoms with Crippen molar-refractivity contribution in [2.45, 2.75) is 26.7 Å². The molecule has 0 aliphatic heterocycles. The smallest absolute Gasteiger partial charge is 0.257 e. The van der Waals surface area contributed by atoms with Gasteiger partial charge in [-0.1, -0.05) is 13.8 Å². The van der Waals surface area contributed by atoms with E-state index in [9.17, 15) is 4.79 Å².